The third kappa shape index (κ3) is 4.90. The molecule has 134 valence electrons. The van der Waals surface area contributed by atoms with Gasteiger partial charge in [0.2, 0.25) is 0 Å². The number of hydrogen-bond donors (Lipinski definition) is 1. The lowest BCUT2D eigenvalue weighted by molar-refractivity contribution is -0.123. The van der Waals surface area contributed by atoms with E-state index in [1.54, 1.807) is 18.2 Å². The van der Waals surface area contributed by atoms with Crippen molar-refractivity contribution in [1.29, 1.82) is 0 Å². The van der Waals surface area contributed by atoms with E-state index in [0.29, 0.717) is 28.4 Å². The van der Waals surface area contributed by atoms with Crippen LogP contribution in [0.25, 0.3) is 10.8 Å². The largest absolute Gasteiger partial charge is 0.491 e. The summed E-state index contributed by atoms with van der Waals surface area (Å²) in [6, 6.07) is 19.1. The number of nitrogens with one attached hydrogen (secondary N) is 1. The molecule has 6 heteroatoms. The predicted octanol–water partition coefficient (Wildman–Crippen LogP) is 4.83. The standard InChI is InChI=1S/C20H17BrClNO3/c21-17-12-15(22)8-9-19(17)26-13-20(24)23-10-11-25-18-7-3-5-14-4-1-2-6-16(14)18/h1-9,12H,10-11,13H2,(H,23,24). The van der Waals surface area contributed by atoms with Crippen LogP contribution in [0.1, 0.15) is 0 Å². The van der Waals surface area contributed by atoms with Gasteiger partial charge < -0.3 is 14.8 Å². The van der Waals surface area contributed by atoms with Crippen molar-refractivity contribution in [2.24, 2.45) is 0 Å². The minimum Gasteiger partial charge on any atom is -0.491 e. The van der Waals surface area contributed by atoms with Crippen LogP contribution in [-0.4, -0.2) is 25.7 Å². The van der Waals surface area contributed by atoms with Gasteiger partial charge in [0, 0.05) is 10.4 Å². The van der Waals surface area contributed by atoms with Crippen LogP contribution in [0.15, 0.2) is 65.1 Å². The maximum absolute atomic E-state index is 11.9. The first-order valence-corrected chi connectivity index (χ1v) is 9.26. The third-order valence-electron chi connectivity index (χ3n) is 3.68. The zero-order chi connectivity index (χ0) is 18.4. The molecule has 3 aromatic carbocycles. The van der Waals surface area contributed by atoms with Crippen molar-refractivity contribution in [3.05, 3.63) is 70.2 Å². The molecule has 26 heavy (non-hydrogen) atoms. The molecule has 0 aliphatic carbocycles. The maximum atomic E-state index is 11.9. The lowest BCUT2D eigenvalue weighted by Crippen LogP contribution is -2.32. The van der Waals surface area contributed by atoms with Crippen LogP contribution in [0.5, 0.6) is 11.5 Å². The van der Waals surface area contributed by atoms with Crippen LogP contribution in [0.2, 0.25) is 5.02 Å². The van der Waals surface area contributed by atoms with Gasteiger partial charge in [0.1, 0.15) is 18.1 Å². The molecular formula is C20H17BrClNO3. The SMILES string of the molecule is O=C(COc1ccc(Cl)cc1Br)NCCOc1cccc2ccccc12. The molecular weight excluding hydrogens is 418 g/mol. The summed E-state index contributed by atoms with van der Waals surface area (Å²) in [5.41, 5.74) is 0. The van der Waals surface area contributed by atoms with Gasteiger partial charge in [-0.05, 0) is 45.6 Å². The average molecular weight is 435 g/mol. The highest BCUT2D eigenvalue weighted by Crippen LogP contribution is 2.28. The molecule has 3 aromatic rings. The second-order valence-corrected chi connectivity index (χ2v) is 6.83. The second-order valence-electron chi connectivity index (χ2n) is 5.54. The molecule has 3 rings (SSSR count). The molecule has 0 aromatic heterocycles. The Kier molecular flexibility index (Phi) is 6.36. The number of ether oxygens (including phenoxy) is 2. The van der Waals surface area contributed by atoms with Gasteiger partial charge in [0.25, 0.3) is 5.91 Å². The number of amides is 1. The molecule has 1 amide bonds. The molecule has 0 unspecified atom stereocenters. The van der Waals surface area contributed by atoms with Crippen molar-refractivity contribution >= 4 is 44.2 Å². The number of benzene rings is 3. The van der Waals surface area contributed by atoms with E-state index in [2.05, 4.69) is 21.2 Å². The van der Waals surface area contributed by atoms with E-state index in [4.69, 9.17) is 21.1 Å². The molecule has 0 fully saturated rings. The Hall–Kier alpha value is -2.24. The number of fused-ring (bicyclic) bond motifs is 1. The molecule has 0 atom stereocenters. The van der Waals surface area contributed by atoms with Gasteiger partial charge in [0.15, 0.2) is 6.61 Å². The van der Waals surface area contributed by atoms with Crippen LogP contribution in [0, 0.1) is 0 Å². The summed E-state index contributed by atoms with van der Waals surface area (Å²) >= 11 is 9.22. The molecule has 0 saturated carbocycles. The molecule has 0 saturated heterocycles. The molecule has 0 heterocycles. The number of rotatable bonds is 7. The lowest BCUT2D eigenvalue weighted by atomic mass is 10.1. The van der Waals surface area contributed by atoms with Gasteiger partial charge in [-0.25, -0.2) is 0 Å². The highest BCUT2D eigenvalue weighted by atomic mass is 79.9. The highest BCUT2D eigenvalue weighted by molar-refractivity contribution is 9.10. The van der Waals surface area contributed by atoms with Crippen molar-refractivity contribution in [2.75, 3.05) is 19.8 Å². The fourth-order valence-corrected chi connectivity index (χ4v) is 3.26. The van der Waals surface area contributed by atoms with Gasteiger partial charge in [-0.2, -0.15) is 0 Å². The van der Waals surface area contributed by atoms with Crippen molar-refractivity contribution in [1.82, 2.24) is 5.32 Å². The summed E-state index contributed by atoms with van der Waals surface area (Å²) in [4.78, 5) is 11.9. The maximum Gasteiger partial charge on any atom is 0.258 e. The van der Waals surface area contributed by atoms with Gasteiger partial charge in [-0.15, -0.1) is 0 Å². The van der Waals surface area contributed by atoms with E-state index in [9.17, 15) is 4.79 Å². The minimum atomic E-state index is -0.214. The molecule has 0 aliphatic heterocycles. The zero-order valence-corrected chi connectivity index (χ0v) is 16.2. The Morgan fingerprint density at radius 2 is 1.81 bits per heavy atom. The molecule has 4 nitrogen and oxygen atoms in total. The summed E-state index contributed by atoms with van der Waals surface area (Å²) in [5, 5.41) is 5.54. The normalized spacial score (nSPS) is 10.5. The van der Waals surface area contributed by atoms with Gasteiger partial charge in [-0.3, -0.25) is 4.79 Å². The van der Waals surface area contributed by atoms with Crippen molar-refractivity contribution in [3.8, 4) is 11.5 Å². The molecule has 1 N–H and O–H groups in total. The summed E-state index contributed by atoms with van der Waals surface area (Å²) in [5.74, 6) is 1.16. The number of carbonyl (C=O) groups excluding carboxylic acids is 1. The van der Waals surface area contributed by atoms with E-state index in [0.717, 1.165) is 16.5 Å². The zero-order valence-electron chi connectivity index (χ0n) is 13.9. The van der Waals surface area contributed by atoms with E-state index in [-0.39, 0.29) is 12.5 Å². The lowest BCUT2D eigenvalue weighted by Gasteiger charge is -2.11. The summed E-state index contributed by atoms with van der Waals surface area (Å²) in [7, 11) is 0. The highest BCUT2D eigenvalue weighted by Gasteiger charge is 2.06. The first-order valence-electron chi connectivity index (χ1n) is 8.08. The molecule has 0 bridgehead atoms. The summed E-state index contributed by atoms with van der Waals surface area (Å²) in [6.45, 7) is 0.700. The first kappa shape index (κ1) is 18.5. The fraction of sp³-hybridized carbons (Fsp3) is 0.150. The third-order valence-corrected chi connectivity index (χ3v) is 4.54. The molecule has 0 aliphatic rings. The fourth-order valence-electron chi connectivity index (χ4n) is 2.46. The smallest absolute Gasteiger partial charge is 0.258 e. The van der Waals surface area contributed by atoms with Gasteiger partial charge in [-0.1, -0.05) is 48.0 Å². The van der Waals surface area contributed by atoms with E-state index < -0.39 is 0 Å². The van der Waals surface area contributed by atoms with Crippen LogP contribution in [-0.2, 0) is 4.79 Å². The van der Waals surface area contributed by atoms with E-state index >= 15 is 0 Å². The Bertz CT molecular complexity index is 911. The van der Waals surface area contributed by atoms with Crippen LogP contribution < -0.4 is 14.8 Å². The van der Waals surface area contributed by atoms with Crippen molar-refractivity contribution in [2.45, 2.75) is 0 Å². The van der Waals surface area contributed by atoms with Crippen molar-refractivity contribution < 1.29 is 14.3 Å². The van der Waals surface area contributed by atoms with Crippen LogP contribution >= 0.6 is 27.5 Å². The second kappa shape index (κ2) is 8.92. The Labute approximate surface area is 165 Å². The van der Waals surface area contributed by atoms with Crippen LogP contribution in [0.4, 0.5) is 0 Å². The van der Waals surface area contributed by atoms with E-state index in [1.807, 2.05) is 42.5 Å². The predicted molar refractivity (Wildman–Crippen MR) is 107 cm³/mol. The topological polar surface area (TPSA) is 47.6 Å². The average Bonchev–Trinajstić information content (AvgIpc) is 2.64. The van der Waals surface area contributed by atoms with Gasteiger partial charge >= 0.3 is 0 Å². The minimum absolute atomic E-state index is 0.0749. The summed E-state index contributed by atoms with van der Waals surface area (Å²) < 4.78 is 12.0. The number of carbonyl (C=O) groups is 1. The summed E-state index contributed by atoms with van der Waals surface area (Å²) in [6.07, 6.45) is 0. The molecule has 0 spiro atoms. The first-order chi connectivity index (χ1) is 12.6. The molecule has 0 radical (unpaired) electrons. The quantitative estimate of drug-likeness (QED) is 0.542. The monoisotopic (exact) mass is 433 g/mol. The van der Waals surface area contributed by atoms with Gasteiger partial charge in [0.05, 0.1) is 11.0 Å². The Morgan fingerprint density at radius 3 is 2.65 bits per heavy atom. The van der Waals surface area contributed by atoms with Crippen LogP contribution in [0.3, 0.4) is 0 Å². The van der Waals surface area contributed by atoms with E-state index in [1.165, 1.54) is 0 Å². The number of hydrogen-bond acceptors (Lipinski definition) is 3. The Balaban J connectivity index is 1.44. The number of halogens is 2. The Morgan fingerprint density at radius 1 is 1.00 bits per heavy atom. The van der Waals surface area contributed by atoms with Crippen molar-refractivity contribution in [3.63, 3.8) is 0 Å².